The number of ether oxygens (including phenoxy) is 1. The van der Waals surface area contributed by atoms with Gasteiger partial charge in [0, 0.05) is 76.0 Å². The predicted molar refractivity (Wildman–Crippen MR) is 381 cm³/mol. The molecule has 12 atom stereocenters. The summed E-state index contributed by atoms with van der Waals surface area (Å²) in [5.41, 5.74) is -2.52. The van der Waals surface area contributed by atoms with Crippen LogP contribution in [0, 0.1) is 40.9 Å². The molecule has 0 aromatic carbocycles. The van der Waals surface area contributed by atoms with Crippen molar-refractivity contribution in [2.24, 2.45) is 40.9 Å². The fourth-order valence-electron chi connectivity index (χ4n) is 17.6. The van der Waals surface area contributed by atoms with E-state index in [-0.39, 0.29) is 70.9 Å². The number of hydrogen-bond donors (Lipinski definition) is 3. The van der Waals surface area contributed by atoms with Crippen LogP contribution in [0.4, 0.5) is 39.5 Å². The Balaban J connectivity index is 1.33. The zero-order chi connectivity index (χ0) is 81.3. The van der Waals surface area contributed by atoms with Crippen molar-refractivity contribution in [3.8, 4) is 0 Å². The van der Waals surface area contributed by atoms with E-state index in [1.54, 1.807) is 32.9 Å². The lowest BCUT2D eigenvalue weighted by Gasteiger charge is -2.54. The molecule has 3 N–H and O–H groups in total. The van der Waals surface area contributed by atoms with Gasteiger partial charge < -0.3 is 64.8 Å². The van der Waals surface area contributed by atoms with E-state index in [0.29, 0.717) is 38.5 Å². The molecule has 0 aromatic rings. The number of hydrogen-bond acceptors (Lipinski definition) is 13. The Morgan fingerprint density at radius 3 is 1.84 bits per heavy atom. The van der Waals surface area contributed by atoms with E-state index >= 15 is 41.9 Å². The quantitative estimate of drug-likeness (QED) is 0.135. The highest BCUT2D eigenvalue weighted by Gasteiger charge is 2.60. The maximum absolute atomic E-state index is 16.3. The van der Waals surface area contributed by atoms with Crippen LogP contribution in [0.25, 0.3) is 0 Å². The van der Waals surface area contributed by atoms with Gasteiger partial charge >= 0.3 is 12.4 Å². The Morgan fingerprint density at radius 1 is 0.661 bits per heavy atom. The molecule has 4 saturated carbocycles. The van der Waals surface area contributed by atoms with Crippen LogP contribution < -0.4 is 16.0 Å². The minimum Gasteiger partial charge on any atom is -0.382 e. The van der Waals surface area contributed by atoms with Crippen molar-refractivity contribution in [3.63, 3.8) is 0 Å². The van der Waals surface area contributed by atoms with Gasteiger partial charge in [-0.15, -0.1) is 0 Å². The number of halogens is 9. The van der Waals surface area contributed by atoms with Crippen LogP contribution in [0.15, 0.2) is 12.2 Å². The third-order valence-electron chi connectivity index (χ3n) is 24.0. The number of carbonyl (C=O) groups excluding carboxylic acids is 12. The molecule has 3 heterocycles. The lowest BCUT2D eigenvalue weighted by molar-refractivity contribution is -0.219. The van der Waals surface area contributed by atoms with Crippen LogP contribution in [0.3, 0.4) is 0 Å². The Morgan fingerprint density at radius 2 is 1.28 bits per heavy atom. The summed E-state index contributed by atoms with van der Waals surface area (Å²) < 4.78 is 137. The van der Waals surface area contributed by atoms with E-state index in [4.69, 9.17) is 4.74 Å². The number of nitrogens with one attached hydrogen (secondary N) is 3. The number of methoxy groups -OCH3 is 1. The number of carbonyl (C=O) groups is 12. The summed E-state index contributed by atoms with van der Waals surface area (Å²) in [5, 5.41) is 8.11. The first kappa shape index (κ1) is 88.9. The first-order valence-electron chi connectivity index (χ1n) is 38.4. The molecule has 12 amide bonds. The molecule has 2 unspecified atom stereocenters. The van der Waals surface area contributed by atoms with E-state index in [0.717, 1.165) is 29.4 Å². The number of amides is 12. The van der Waals surface area contributed by atoms with Gasteiger partial charge in [0.05, 0.1) is 38.6 Å². The second-order valence-corrected chi connectivity index (χ2v) is 32.7. The summed E-state index contributed by atoms with van der Waals surface area (Å²) in [5.74, 6) is -18.0. The molecule has 1 spiro atoms. The molecule has 4 aliphatic carbocycles. The average molecular weight is 1560 g/mol. The van der Waals surface area contributed by atoms with Crippen LogP contribution in [-0.2, 0) is 62.3 Å². The highest BCUT2D eigenvalue weighted by molar-refractivity contribution is 6.01. The zero-order valence-electron chi connectivity index (χ0n) is 65.3. The van der Waals surface area contributed by atoms with Gasteiger partial charge in [-0.2, -0.15) is 26.3 Å². The molecule has 2 saturated heterocycles. The van der Waals surface area contributed by atoms with Gasteiger partial charge in [-0.1, -0.05) is 66.0 Å². The summed E-state index contributed by atoms with van der Waals surface area (Å²) in [6, 6.07) is -12.3. The fourth-order valence-corrected chi connectivity index (χ4v) is 17.6. The van der Waals surface area contributed by atoms with Crippen LogP contribution in [0.5, 0.6) is 0 Å². The topological polar surface area (TPSA) is 279 Å². The van der Waals surface area contributed by atoms with E-state index in [2.05, 4.69) is 16.0 Å². The lowest BCUT2D eigenvalue weighted by Crippen LogP contribution is -2.71. The second kappa shape index (κ2) is 37.4. The highest BCUT2D eigenvalue weighted by Crippen LogP contribution is 2.50. The monoisotopic (exact) mass is 1560 g/mol. The minimum atomic E-state index is -5.25. The third-order valence-corrected chi connectivity index (χ3v) is 24.0. The van der Waals surface area contributed by atoms with Gasteiger partial charge in [0.1, 0.15) is 78.3 Å². The minimum absolute atomic E-state index is 0.0305. The summed E-state index contributed by atoms with van der Waals surface area (Å²) >= 11 is 0. The normalized spacial score (nSPS) is 32.2. The van der Waals surface area contributed by atoms with E-state index < -0.39 is 261 Å². The first-order chi connectivity index (χ1) is 50.9. The highest BCUT2D eigenvalue weighted by atomic mass is 19.4. The molecular formula is C75H115F9N12O13. The second-order valence-electron chi connectivity index (χ2n) is 32.7. The van der Waals surface area contributed by atoms with Crippen molar-refractivity contribution in [1.82, 2.24) is 60.0 Å². The summed E-state index contributed by atoms with van der Waals surface area (Å²) in [6.07, 6.45) is -16.0. The number of rotatable bonds is 13. The van der Waals surface area contributed by atoms with Crippen molar-refractivity contribution >= 4 is 70.9 Å². The Kier molecular flexibility index (Phi) is 30.5. The lowest BCUT2D eigenvalue weighted by atomic mass is 9.58. The van der Waals surface area contributed by atoms with Crippen molar-refractivity contribution in [2.45, 2.75) is 254 Å². The summed E-state index contributed by atoms with van der Waals surface area (Å²) in [7, 11) is 10.5. The number of likely N-dealkylation sites (N-methyl/N-ethyl adjacent to an activating group) is 7. The first-order valence-corrected chi connectivity index (χ1v) is 38.4. The van der Waals surface area contributed by atoms with Crippen molar-refractivity contribution in [2.75, 3.05) is 95.8 Å². The zero-order valence-corrected chi connectivity index (χ0v) is 65.3. The molecule has 3 aliphatic heterocycles. The molecule has 6 fully saturated rings. The van der Waals surface area contributed by atoms with Crippen molar-refractivity contribution < 1.29 is 102 Å². The Bertz CT molecular complexity index is 3280. The van der Waals surface area contributed by atoms with Gasteiger partial charge in [0.25, 0.3) is 0 Å². The average Bonchev–Trinajstić information content (AvgIpc) is 1.47. The summed E-state index contributed by atoms with van der Waals surface area (Å²) in [6.45, 7) is 5.95. The van der Waals surface area contributed by atoms with Gasteiger partial charge in [-0.25, -0.2) is 13.2 Å². The van der Waals surface area contributed by atoms with Gasteiger partial charge in [0.2, 0.25) is 70.9 Å². The molecule has 616 valence electrons. The van der Waals surface area contributed by atoms with E-state index in [1.165, 1.54) is 71.1 Å². The van der Waals surface area contributed by atoms with Gasteiger partial charge in [-0.3, -0.25) is 57.5 Å². The van der Waals surface area contributed by atoms with Crippen LogP contribution in [0.1, 0.15) is 169 Å². The smallest absolute Gasteiger partial charge is 0.382 e. The predicted octanol–water partition coefficient (Wildman–Crippen LogP) is 6.30. The van der Waals surface area contributed by atoms with Gasteiger partial charge in [-0.05, 0) is 132 Å². The number of fused-ring (bicyclic) bond motifs is 3. The third kappa shape index (κ3) is 21.5. The Labute approximate surface area is 633 Å². The van der Waals surface area contributed by atoms with Crippen LogP contribution in [-0.4, -0.2) is 296 Å². The van der Waals surface area contributed by atoms with E-state index in [9.17, 15) is 55.1 Å². The maximum Gasteiger partial charge on any atom is 0.397 e. The number of alkyl halides is 9. The van der Waals surface area contributed by atoms with Crippen LogP contribution in [0.2, 0.25) is 0 Å². The van der Waals surface area contributed by atoms with Gasteiger partial charge in [0.15, 0.2) is 0 Å². The van der Waals surface area contributed by atoms with Crippen molar-refractivity contribution in [3.05, 3.63) is 12.2 Å². The standard InChI is InChI=1S/C75H115F9N12O13/c1-14-30-88(6)66(103)54-36-58(98)92(10)56(40-109-13)63(100)86-61(43(3)15-2)69(106)90(8)39-59(99)91(9)52-23-17-16-20-31-95(68(52)105)55(34-44-24-27-47(28-25-44)74(79,80)81)67(104)89(7)38-57(97)85-51(29-26-45-32-49(77)60(50(78)33-45)75(82,83)84)65(102)96-37-48(76)35-53(96)64(101)87-73(41-72(4,5)42-73)71(108)94(12)62(70(107)93(54)11)46-21-18-19-22-46/h16-17,43-56,60-62H,14-15,18-42H2,1-13H3,(H,85,97)(H,86,100)(H,87,101)/b17-16-/t43-,44?,45?,47?,48+,49?,50?,51-,52-,53-,54-,55-,56-,60?,61-,62-/m0/s1. The molecule has 7 rings (SSSR count). The molecular weight excluding hydrogens is 1450 g/mol. The molecule has 25 nitrogen and oxygen atoms in total. The maximum atomic E-state index is 16.3. The number of nitrogens with zero attached hydrogens (tertiary/aromatic N) is 9. The SMILES string of the molecule is CCCN(C)C(=O)[C@@H]1CC(=O)N(C)[C@@H](COC)C(=O)N[C@@H]([C@@H](C)CC)C(=O)N(C)CC(=O)N(C)[C@H]2C/C=C\CCN(C2=O)[C@@H](CC2CCC(C(F)(F)F)CC2)C(=O)N(C)CC(=O)N[C@@H](CCC2CC(F)C(C(F)(F)F)C(F)C2)C(=O)N2C[C@H](F)C[C@H]2C(=O)NC2(CC(C)(C)C2)C(=O)N(C)[C@@H](C2CCCC2)C(=O)N1C. The molecule has 34 heteroatoms. The Hall–Kier alpha value is -7.29. The molecule has 0 radical (unpaired) electrons. The molecule has 2 bridgehead atoms. The molecule has 7 aliphatic rings. The molecule has 0 aromatic heterocycles. The fraction of sp³-hybridized carbons (Fsp3) is 0.813. The van der Waals surface area contributed by atoms with Crippen LogP contribution >= 0.6 is 0 Å². The largest absolute Gasteiger partial charge is 0.397 e. The van der Waals surface area contributed by atoms with Crippen molar-refractivity contribution in [1.29, 1.82) is 0 Å². The summed E-state index contributed by atoms with van der Waals surface area (Å²) in [4.78, 5) is 191. The van der Waals surface area contributed by atoms with E-state index in [1.807, 2.05) is 13.8 Å². The molecule has 109 heavy (non-hydrogen) atoms.